The van der Waals surface area contributed by atoms with Crippen molar-refractivity contribution in [3.63, 3.8) is 0 Å². The molecule has 1 aromatic rings. The van der Waals surface area contributed by atoms with E-state index < -0.39 is 0 Å². The molecule has 2 aliphatic rings. The van der Waals surface area contributed by atoms with Crippen LogP contribution in [0.4, 0.5) is 0 Å². The van der Waals surface area contributed by atoms with Crippen molar-refractivity contribution in [2.45, 2.75) is 57.5 Å². The highest BCUT2D eigenvalue weighted by Gasteiger charge is 2.48. The van der Waals surface area contributed by atoms with Crippen LogP contribution in [0.5, 0.6) is 0 Å². The summed E-state index contributed by atoms with van der Waals surface area (Å²) in [6, 6.07) is 4.44. The largest absolute Gasteiger partial charge is 0.381 e. The molecular formula is C16H24N2O2S. The van der Waals surface area contributed by atoms with E-state index in [2.05, 4.69) is 41.6 Å². The standard InChI is InChI=1S/C16H24N2O2S/c1-4-10(2)14-16(19)18(11-8-12(9-11)20-3)15(17-14)13-6-5-7-21-13/h5-7,10-12,14-15,17H,4,8-9H2,1-3H3. The van der Waals surface area contributed by atoms with E-state index in [0.717, 1.165) is 19.3 Å². The summed E-state index contributed by atoms with van der Waals surface area (Å²) in [5.41, 5.74) is 0. The van der Waals surface area contributed by atoms with E-state index in [1.807, 2.05) is 0 Å². The second-order valence-electron chi connectivity index (χ2n) is 6.18. The summed E-state index contributed by atoms with van der Waals surface area (Å²) in [6.45, 7) is 4.30. The Morgan fingerprint density at radius 2 is 2.29 bits per heavy atom. The molecule has 1 aliphatic carbocycles. The van der Waals surface area contributed by atoms with Crippen LogP contribution >= 0.6 is 11.3 Å². The Morgan fingerprint density at radius 1 is 1.52 bits per heavy atom. The van der Waals surface area contributed by atoms with E-state index in [4.69, 9.17) is 4.74 Å². The molecule has 3 rings (SSSR count). The maximum absolute atomic E-state index is 12.9. The number of thiophene rings is 1. The zero-order valence-electron chi connectivity index (χ0n) is 12.9. The Morgan fingerprint density at radius 3 is 2.86 bits per heavy atom. The first-order valence-corrected chi connectivity index (χ1v) is 8.68. The minimum absolute atomic E-state index is 0.0410. The number of ether oxygens (including phenoxy) is 1. The molecule has 1 aromatic heterocycles. The summed E-state index contributed by atoms with van der Waals surface area (Å²) in [4.78, 5) is 16.2. The predicted molar refractivity (Wildman–Crippen MR) is 84.1 cm³/mol. The summed E-state index contributed by atoms with van der Waals surface area (Å²) in [6.07, 6.45) is 3.28. The van der Waals surface area contributed by atoms with E-state index in [0.29, 0.717) is 18.1 Å². The lowest BCUT2D eigenvalue weighted by molar-refractivity contribution is -0.138. The fourth-order valence-corrected chi connectivity index (χ4v) is 4.05. The summed E-state index contributed by atoms with van der Waals surface area (Å²) in [7, 11) is 1.75. The molecule has 1 saturated heterocycles. The van der Waals surface area contributed by atoms with Gasteiger partial charge in [-0.2, -0.15) is 0 Å². The lowest BCUT2D eigenvalue weighted by Gasteiger charge is -2.42. The second-order valence-corrected chi connectivity index (χ2v) is 7.16. The van der Waals surface area contributed by atoms with Gasteiger partial charge in [0.1, 0.15) is 6.17 Å². The van der Waals surface area contributed by atoms with Gasteiger partial charge < -0.3 is 9.64 Å². The SMILES string of the molecule is CCC(C)C1NC(c2cccs2)N(C2CC(OC)C2)C1=O. The molecule has 1 saturated carbocycles. The number of carbonyl (C=O) groups excluding carboxylic acids is 1. The molecule has 1 amide bonds. The van der Waals surface area contributed by atoms with Crippen molar-refractivity contribution in [3.8, 4) is 0 Å². The minimum Gasteiger partial charge on any atom is -0.381 e. The first-order chi connectivity index (χ1) is 10.2. The van der Waals surface area contributed by atoms with Crippen molar-refractivity contribution in [2.24, 2.45) is 5.92 Å². The highest BCUT2D eigenvalue weighted by atomic mass is 32.1. The van der Waals surface area contributed by atoms with E-state index >= 15 is 0 Å². The van der Waals surface area contributed by atoms with Gasteiger partial charge in [-0.25, -0.2) is 0 Å². The topological polar surface area (TPSA) is 41.6 Å². The number of nitrogens with zero attached hydrogens (tertiary/aromatic N) is 1. The number of hydrogen-bond donors (Lipinski definition) is 1. The molecule has 3 unspecified atom stereocenters. The normalized spacial score (nSPS) is 34.0. The Bertz CT molecular complexity index is 484. The molecule has 116 valence electrons. The van der Waals surface area contributed by atoms with Gasteiger partial charge in [0.05, 0.1) is 12.1 Å². The molecule has 3 atom stereocenters. The van der Waals surface area contributed by atoms with Crippen molar-refractivity contribution in [2.75, 3.05) is 7.11 Å². The zero-order valence-corrected chi connectivity index (χ0v) is 13.7. The third kappa shape index (κ3) is 2.62. The smallest absolute Gasteiger partial charge is 0.241 e. The molecule has 0 spiro atoms. The van der Waals surface area contributed by atoms with Crippen LogP contribution in [0.2, 0.25) is 0 Å². The molecule has 0 bridgehead atoms. The van der Waals surface area contributed by atoms with Crippen LogP contribution in [0.15, 0.2) is 17.5 Å². The van der Waals surface area contributed by atoms with Crippen molar-refractivity contribution in [1.29, 1.82) is 0 Å². The maximum atomic E-state index is 12.9. The van der Waals surface area contributed by atoms with E-state index in [9.17, 15) is 4.79 Å². The van der Waals surface area contributed by atoms with Crippen molar-refractivity contribution in [1.82, 2.24) is 10.2 Å². The van der Waals surface area contributed by atoms with Crippen LogP contribution in [-0.2, 0) is 9.53 Å². The van der Waals surface area contributed by atoms with E-state index in [1.54, 1.807) is 18.4 Å². The van der Waals surface area contributed by atoms with Crippen LogP contribution in [0.25, 0.3) is 0 Å². The van der Waals surface area contributed by atoms with Crippen molar-refractivity contribution in [3.05, 3.63) is 22.4 Å². The van der Waals surface area contributed by atoms with Crippen LogP contribution in [0.3, 0.4) is 0 Å². The quantitative estimate of drug-likeness (QED) is 0.909. The van der Waals surface area contributed by atoms with Crippen molar-refractivity contribution >= 4 is 17.2 Å². The molecule has 2 heterocycles. The van der Waals surface area contributed by atoms with Gasteiger partial charge in [0.15, 0.2) is 0 Å². The Kier molecular flexibility index (Phi) is 4.33. The number of hydrogen-bond acceptors (Lipinski definition) is 4. The monoisotopic (exact) mass is 308 g/mol. The summed E-state index contributed by atoms with van der Waals surface area (Å²) in [5.74, 6) is 0.630. The third-order valence-corrected chi connectivity index (χ3v) is 5.88. The van der Waals surface area contributed by atoms with Gasteiger partial charge in [-0.3, -0.25) is 10.1 Å². The molecule has 0 radical (unpaired) electrons. The number of nitrogens with one attached hydrogen (secondary N) is 1. The van der Waals surface area contributed by atoms with Gasteiger partial charge in [0, 0.05) is 18.0 Å². The fraction of sp³-hybridized carbons (Fsp3) is 0.688. The number of rotatable bonds is 5. The lowest BCUT2D eigenvalue weighted by atomic mass is 9.87. The Labute approximate surface area is 130 Å². The minimum atomic E-state index is -0.0521. The van der Waals surface area contributed by atoms with Gasteiger partial charge in [-0.15, -0.1) is 11.3 Å². The van der Waals surface area contributed by atoms with Crippen LogP contribution < -0.4 is 5.32 Å². The van der Waals surface area contributed by atoms with E-state index in [-0.39, 0.29) is 18.1 Å². The molecule has 0 aromatic carbocycles. The predicted octanol–water partition coefficient (Wildman–Crippen LogP) is 2.77. The number of amides is 1. The molecule has 1 aliphatic heterocycles. The molecule has 1 N–H and O–H groups in total. The maximum Gasteiger partial charge on any atom is 0.241 e. The zero-order chi connectivity index (χ0) is 15.0. The van der Waals surface area contributed by atoms with E-state index in [1.165, 1.54) is 4.88 Å². The van der Waals surface area contributed by atoms with Gasteiger partial charge in [-0.1, -0.05) is 26.3 Å². The highest BCUT2D eigenvalue weighted by Crippen LogP contribution is 2.39. The van der Waals surface area contributed by atoms with Gasteiger partial charge in [0.25, 0.3) is 0 Å². The average Bonchev–Trinajstić information content (AvgIpc) is 3.06. The Balaban J connectivity index is 1.81. The van der Waals surface area contributed by atoms with Gasteiger partial charge in [-0.05, 0) is 30.2 Å². The van der Waals surface area contributed by atoms with Gasteiger partial charge in [0.2, 0.25) is 5.91 Å². The molecule has 2 fully saturated rings. The van der Waals surface area contributed by atoms with Crippen LogP contribution in [0.1, 0.15) is 44.2 Å². The Hall–Kier alpha value is -0.910. The molecule has 4 nitrogen and oxygen atoms in total. The van der Waals surface area contributed by atoms with Gasteiger partial charge >= 0.3 is 0 Å². The molecule has 5 heteroatoms. The summed E-state index contributed by atoms with van der Waals surface area (Å²) < 4.78 is 5.38. The third-order valence-electron chi connectivity index (χ3n) is 4.96. The van der Waals surface area contributed by atoms with Crippen LogP contribution in [0, 0.1) is 5.92 Å². The van der Waals surface area contributed by atoms with Crippen LogP contribution in [-0.4, -0.2) is 36.1 Å². The molecular weight excluding hydrogens is 284 g/mol. The van der Waals surface area contributed by atoms with Crippen molar-refractivity contribution < 1.29 is 9.53 Å². The highest BCUT2D eigenvalue weighted by molar-refractivity contribution is 7.10. The average molecular weight is 308 g/mol. The lowest BCUT2D eigenvalue weighted by Crippen LogP contribution is -2.50. The fourth-order valence-electron chi connectivity index (χ4n) is 3.27. The first-order valence-electron chi connectivity index (χ1n) is 7.80. The number of carbonyl (C=O) groups is 1. The number of methoxy groups -OCH3 is 1. The first kappa shape index (κ1) is 15.0. The summed E-state index contributed by atoms with van der Waals surface area (Å²) >= 11 is 1.72. The molecule has 21 heavy (non-hydrogen) atoms. The second kappa shape index (κ2) is 6.07. The summed E-state index contributed by atoms with van der Waals surface area (Å²) in [5, 5.41) is 5.65.